The van der Waals surface area contributed by atoms with Crippen molar-refractivity contribution in [3.05, 3.63) is 36.5 Å². The molecule has 0 bridgehead atoms. The number of hydrogen-bond acceptors (Lipinski definition) is 6. The summed E-state index contributed by atoms with van der Waals surface area (Å²) in [5, 5.41) is 0. The molecule has 0 amide bonds. The van der Waals surface area contributed by atoms with Gasteiger partial charge in [0, 0.05) is 19.3 Å². The molecule has 362 valence electrons. The first-order valence-corrected chi connectivity index (χ1v) is 27.0. The minimum absolute atomic E-state index is 0.0759. The zero-order valence-corrected chi connectivity index (χ0v) is 41.4. The number of carbonyl (C=O) groups is 3. The summed E-state index contributed by atoms with van der Waals surface area (Å²) >= 11 is 0. The van der Waals surface area contributed by atoms with Crippen LogP contribution in [0.3, 0.4) is 0 Å². The fourth-order valence-corrected chi connectivity index (χ4v) is 7.83. The number of allylic oxidation sites excluding steroid dienone is 6. The normalized spacial score (nSPS) is 12.2. The summed E-state index contributed by atoms with van der Waals surface area (Å²) in [6.07, 6.45) is 59.9. The number of esters is 3. The number of hydrogen-bond donors (Lipinski definition) is 0. The van der Waals surface area contributed by atoms with Crippen LogP contribution in [0.1, 0.15) is 284 Å². The molecule has 0 heterocycles. The first kappa shape index (κ1) is 59.6. The summed E-state index contributed by atoms with van der Waals surface area (Å²) < 4.78 is 16.8. The molecule has 0 aliphatic rings. The Morgan fingerprint density at radius 3 is 0.984 bits per heavy atom. The molecule has 1 unspecified atom stereocenters. The lowest BCUT2D eigenvalue weighted by Crippen LogP contribution is -2.30. The summed E-state index contributed by atoms with van der Waals surface area (Å²) in [6.45, 7) is 6.54. The second-order valence-corrected chi connectivity index (χ2v) is 18.1. The molecule has 0 saturated carbocycles. The van der Waals surface area contributed by atoms with E-state index in [0.717, 1.165) is 83.5 Å². The fraction of sp³-hybridized carbons (Fsp3) is 0.839. The van der Waals surface area contributed by atoms with Gasteiger partial charge in [-0.3, -0.25) is 14.4 Å². The monoisotopic (exact) mass is 871 g/mol. The minimum Gasteiger partial charge on any atom is -0.462 e. The van der Waals surface area contributed by atoms with Gasteiger partial charge in [-0.1, -0.05) is 231 Å². The summed E-state index contributed by atoms with van der Waals surface area (Å²) in [5.41, 5.74) is 0. The largest absolute Gasteiger partial charge is 0.462 e. The van der Waals surface area contributed by atoms with E-state index in [-0.39, 0.29) is 31.1 Å². The molecule has 6 nitrogen and oxygen atoms in total. The first-order chi connectivity index (χ1) is 30.5. The van der Waals surface area contributed by atoms with E-state index >= 15 is 0 Å². The highest BCUT2D eigenvalue weighted by atomic mass is 16.6. The van der Waals surface area contributed by atoms with Crippen molar-refractivity contribution in [2.24, 2.45) is 0 Å². The molecule has 0 radical (unpaired) electrons. The van der Waals surface area contributed by atoms with Gasteiger partial charge in [0.1, 0.15) is 13.2 Å². The lowest BCUT2D eigenvalue weighted by atomic mass is 10.0. The number of rotatable bonds is 49. The van der Waals surface area contributed by atoms with Crippen molar-refractivity contribution in [2.45, 2.75) is 290 Å². The van der Waals surface area contributed by atoms with Crippen LogP contribution in [0.2, 0.25) is 0 Å². The number of carbonyl (C=O) groups excluding carboxylic acids is 3. The summed E-state index contributed by atoms with van der Waals surface area (Å²) in [5.74, 6) is -0.882. The molecule has 0 rings (SSSR count). The van der Waals surface area contributed by atoms with E-state index in [9.17, 15) is 14.4 Å². The van der Waals surface area contributed by atoms with Crippen molar-refractivity contribution < 1.29 is 28.6 Å². The molecule has 0 N–H and O–H groups in total. The van der Waals surface area contributed by atoms with Gasteiger partial charge in [0.2, 0.25) is 0 Å². The van der Waals surface area contributed by atoms with Crippen LogP contribution in [0.4, 0.5) is 0 Å². The van der Waals surface area contributed by atoms with Crippen LogP contribution in [0, 0.1) is 0 Å². The first-order valence-electron chi connectivity index (χ1n) is 27.0. The summed E-state index contributed by atoms with van der Waals surface area (Å²) in [6, 6.07) is 0. The second-order valence-electron chi connectivity index (χ2n) is 18.1. The van der Waals surface area contributed by atoms with Gasteiger partial charge in [0.25, 0.3) is 0 Å². The molecule has 0 aliphatic heterocycles. The third kappa shape index (κ3) is 48.7. The van der Waals surface area contributed by atoms with Gasteiger partial charge in [0.05, 0.1) is 0 Å². The van der Waals surface area contributed by atoms with E-state index in [1.165, 1.54) is 161 Å². The average Bonchev–Trinajstić information content (AvgIpc) is 3.27. The molecule has 0 aliphatic carbocycles. The van der Waals surface area contributed by atoms with Gasteiger partial charge in [-0.2, -0.15) is 0 Å². The lowest BCUT2D eigenvalue weighted by Gasteiger charge is -2.18. The zero-order valence-electron chi connectivity index (χ0n) is 41.4. The third-order valence-electron chi connectivity index (χ3n) is 11.9. The van der Waals surface area contributed by atoms with Crippen molar-refractivity contribution in [3.8, 4) is 0 Å². The van der Waals surface area contributed by atoms with E-state index in [1.54, 1.807) is 0 Å². The predicted molar refractivity (Wildman–Crippen MR) is 266 cm³/mol. The van der Waals surface area contributed by atoms with Crippen LogP contribution in [0.15, 0.2) is 36.5 Å². The maximum Gasteiger partial charge on any atom is 0.306 e. The topological polar surface area (TPSA) is 78.9 Å². The van der Waals surface area contributed by atoms with Gasteiger partial charge < -0.3 is 14.2 Å². The molecule has 0 aromatic carbocycles. The van der Waals surface area contributed by atoms with Gasteiger partial charge in [-0.25, -0.2) is 0 Å². The maximum atomic E-state index is 12.8. The van der Waals surface area contributed by atoms with Crippen molar-refractivity contribution in [3.63, 3.8) is 0 Å². The van der Waals surface area contributed by atoms with Crippen LogP contribution in [-0.2, 0) is 28.6 Å². The highest BCUT2D eigenvalue weighted by Crippen LogP contribution is 2.16. The highest BCUT2D eigenvalue weighted by molar-refractivity contribution is 5.71. The Hall–Kier alpha value is -2.37. The maximum absolute atomic E-state index is 12.8. The quantitative estimate of drug-likeness (QED) is 0.0262. The SMILES string of the molecule is CC/C=C\C/C=C\CCCCCCCC(=O)OCC(COC(=O)CCCCCCCCC/C=C\CCCCCCCC)OC(=O)CCCCCCCCCCCCCCCCC. The zero-order chi connectivity index (χ0) is 45.1. The van der Waals surface area contributed by atoms with E-state index in [1.807, 2.05) is 0 Å². The van der Waals surface area contributed by atoms with Crippen molar-refractivity contribution in [1.82, 2.24) is 0 Å². The number of unbranched alkanes of at least 4 members (excludes halogenated alkanes) is 32. The molecule has 0 fully saturated rings. The predicted octanol–water partition coefficient (Wildman–Crippen LogP) is 17.7. The average molecular weight is 871 g/mol. The van der Waals surface area contributed by atoms with Gasteiger partial charge in [0.15, 0.2) is 6.10 Å². The van der Waals surface area contributed by atoms with Gasteiger partial charge >= 0.3 is 17.9 Å². The molecule has 0 aromatic rings. The van der Waals surface area contributed by atoms with Gasteiger partial charge in [-0.15, -0.1) is 0 Å². The van der Waals surface area contributed by atoms with Crippen LogP contribution in [-0.4, -0.2) is 37.2 Å². The molecule has 6 heteroatoms. The second kappa shape index (κ2) is 51.3. The molecular formula is C56H102O6. The third-order valence-corrected chi connectivity index (χ3v) is 11.9. The van der Waals surface area contributed by atoms with Crippen molar-refractivity contribution in [2.75, 3.05) is 13.2 Å². The Kier molecular flexibility index (Phi) is 49.3. The Bertz CT molecular complexity index is 1050. The molecule has 0 saturated heterocycles. The Morgan fingerprint density at radius 1 is 0.339 bits per heavy atom. The van der Waals surface area contributed by atoms with E-state index in [2.05, 4.69) is 57.2 Å². The van der Waals surface area contributed by atoms with Crippen LogP contribution in [0.5, 0.6) is 0 Å². The molecule has 0 aromatic heterocycles. The molecule has 62 heavy (non-hydrogen) atoms. The molecule has 1 atom stereocenters. The van der Waals surface area contributed by atoms with Crippen LogP contribution in [0.25, 0.3) is 0 Å². The minimum atomic E-state index is -0.775. The Labute approximate surface area is 385 Å². The Morgan fingerprint density at radius 2 is 0.629 bits per heavy atom. The summed E-state index contributed by atoms with van der Waals surface area (Å²) in [4.78, 5) is 38.0. The highest BCUT2D eigenvalue weighted by Gasteiger charge is 2.19. The van der Waals surface area contributed by atoms with Gasteiger partial charge in [-0.05, 0) is 70.6 Å². The van der Waals surface area contributed by atoms with E-state index < -0.39 is 6.10 Å². The molecule has 0 spiro atoms. The lowest BCUT2D eigenvalue weighted by molar-refractivity contribution is -0.167. The molecular weight excluding hydrogens is 769 g/mol. The standard InChI is InChI=1S/C56H102O6/c1-4-7-10-13-16-19-22-25-27-28-30-31-34-37-40-43-46-49-55(58)61-52-53(51-60-54(57)48-45-42-39-36-33-24-21-18-15-12-9-6-3)62-56(59)50-47-44-41-38-35-32-29-26-23-20-17-14-11-8-5-2/h9,12,18,21,25,27,53H,4-8,10-11,13-17,19-20,22-24,26,28-52H2,1-3H3/b12-9-,21-18-,27-25-. The van der Waals surface area contributed by atoms with E-state index in [4.69, 9.17) is 14.2 Å². The van der Waals surface area contributed by atoms with Crippen LogP contribution >= 0.6 is 0 Å². The fourth-order valence-electron chi connectivity index (χ4n) is 7.83. The number of ether oxygens (including phenoxy) is 3. The smallest absolute Gasteiger partial charge is 0.306 e. The van der Waals surface area contributed by atoms with E-state index in [0.29, 0.717) is 19.3 Å². The summed E-state index contributed by atoms with van der Waals surface area (Å²) in [7, 11) is 0. The van der Waals surface area contributed by atoms with Crippen molar-refractivity contribution in [1.29, 1.82) is 0 Å². The Balaban J connectivity index is 4.34. The van der Waals surface area contributed by atoms with Crippen molar-refractivity contribution >= 4 is 17.9 Å². The van der Waals surface area contributed by atoms with Crippen LogP contribution < -0.4 is 0 Å².